The second-order valence-electron chi connectivity index (χ2n) is 6.73. The van der Waals surface area contributed by atoms with E-state index in [0.29, 0.717) is 0 Å². The second kappa shape index (κ2) is 6.53. The molecule has 0 aromatic rings. The summed E-state index contributed by atoms with van der Waals surface area (Å²) >= 11 is 0. The van der Waals surface area contributed by atoms with E-state index in [2.05, 4.69) is 27.1 Å². The smallest absolute Gasteiger partial charge is 0.0119 e. The first-order chi connectivity index (χ1) is 9.31. The quantitative estimate of drug-likeness (QED) is 0.793. The van der Waals surface area contributed by atoms with E-state index >= 15 is 0 Å². The Bertz CT molecular complexity index is 269. The van der Waals surface area contributed by atoms with Crippen LogP contribution in [0.4, 0.5) is 0 Å². The number of piperidine rings is 1. The summed E-state index contributed by atoms with van der Waals surface area (Å²) in [6.45, 7) is 11.6. The highest BCUT2D eigenvalue weighted by molar-refractivity contribution is 4.86. The fourth-order valence-corrected chi connectivity index (χ4v) is 3.91. The third-order valence-corrected chi connectivity index (χ3v) is 5.25. The summed E-state index contributed by atoms with van der Waals surface area (Å²) < 4.78 is 0. The molecule has 110 valence electrons. The number of piperazine rings is 1. The van der Waals surface area contributed by atoms with E-state index in [9.17, 15) is 0 Å². The van der Waals surface area contributed by atoms with Crippen LogP contribution in [0.2, 0.25) is 0 Å². The van der Waals surface area contributed by atoms with Gasteiger partial charge in [0.15, 0.2) is 0 Å². The molecular formula is C15H30N4. The molecule has 0 aromatic carbocycles. The van der Waals surface area contributed by atoms with Crippen molar-refractivity contribution in [1.29, 1.82) is 0 Å². The Morgan fingerprint density at radius 1 is 0.947 bits per heavy atom. The number of nitrogens with zero attached hydrogens (tertiary/aromatic N) is 3. The summed E-state index contributed by atoms with van der Waals surface area (Å²) in [5.74, 6) is 0.929. The molecule has 1 N–H and O–H groups in total. The van der Waals surface area contributed by atoms with Gasteiger partial charge < -0.3 is 15.1 Å². The first-order valence-electron chi connectivity index (χ1n) is 8.17. The Morgan fingerprint density at radius 2 is 1.68 bits per heavy atom. The third-order valence-electron chi connectivity index (χ3n) is 5.25. The fraction of sp³-hybridized carbons (Fsp3) is 1.00. The van der Waals surface area contributed by atoms with Crippen molar-refractivity contribution in [3.8, 4) is 0 Å². The number of likely N-dealkylation sites (N-methyl/N-ethyl adjacent to an activating group) is 1. The zero-order chi connectivity index (χ0) is 13.1. The maximum atomic E-state index is 3.48. The predicted octanol–water partition coefficient (Wildman–Crippen LogP) is 0.308. The minimum atomic E-state index is 0.874. The van der Waals surface area contributed by atoms with Gasteiger partial charge in [0.25, 0.3) is 0 Å². The van der Waals surface area contributed by atoms with Crippen molar-refractivity contribution in [3.05, 3.63) is 0 Å². The topological polar surface area (TPSA) is 21.8 Å². The summed E-state index contributed by atoms with van der Waals surface area (Å²) in [6, 6.07) is 0.874. The largest absolute Gasteiger partial charge is 0.317 e. The minimum Gasteiger partial charge on any atom is -0.317 e. The molecule has 4 nitrogen and oxygen atoms in total. The maximum absolute atomic E-state index is 3.48. The van der Waals surface area contributed by atoms with Gasteiger partial charge in [-0.1, -0.05) is 0 Å². The van der Waals surface area contributed by atoms with E-state index in [-0.39, 0.29) is 0 Å². The number of rotatable bonds is 3. The average molecular weight is 266 g/mol. The van der Waals surface area contributed by atoms with E-state index in [0.717, 1.165) is 12.0 Å². The maximum Gasteiger partial charge on any atom is 0.0119 e. The van der Waals surface area contributed by atoms with Crippen LogP contribution in [0.1, 0.15) is 19.3 Å². The summed E-state index contributed by atoms with van der Waals surface area (Å²) in [5.41, 5.74) is 0. The first-order valence-corrected chi connectivity index (χ1v) is 8.17. The summed E-state index contributed by atoms with van der Waals surface area (Å²) in [7, 11) is 2.24. The lowest BCUT2D eigenvalue weighted by atomic mass is 10.1. The van der Waals surface area contributed by atoms with Crippen LogP contribution < -0.4 is 5.32 Å². The Morgan fingerprint density at radius 3 is 2.42 bits per heavy atom. The molecular weight excluding hydrogens is 236 g/mol. The van der Waals surface area contributed by atoms with Crippen molar-refractivity contribution in [2.24, 2.45) is 5.92 Å². The summed E-state index contributed by atoms with van der Waals surface area (Å²) in [5, 5.41) is 3.48. The lowest BCUT2D eigenvalue weighted by molar-refractivity contribution is 0.131. The zero-order valence-electron chi connectivity index (χ0n) is 12.5. The highest BCUT2D eigenvalue weighted by atomic mass is 15.3. The Balaban J connectivity index is 1.41. The van der Waals surface area contributed by atoms with E-state index in [1.54, 1.807) is 0 Å². The van der Waals surface area contributed by atoms with E-state index < -0.39 is 0 Å². The Kier molecular flexibility index (Phi) is 4.74. The Labute approximate surface area is 118 Å². The highest BCUT2D eigenvalue weighted by Gasteiger charge is 2.30. The molecule has 3 fully saturated rings. The number of hydrogen-bond donors (Lipinski definition) is 1. The zero-order valence-corrected chi connectivity index (χ0v) is 12.5. The molecule has 0 spiro atoms. The van der Waals surface area contributed by atoms with Gasteiger partial charge in [-0.05, 0) is 51.9 Å². The van der Waals surface area contributed by atoms with Gasteiger partial charge in [0.1, 0.15) is 0 Å². The molecule has 4 heteroatoms. The number of nitrogens with one attached hydrogen (secondary N) is 1. The van der Waals surface area contributed by atoms with Crippen molar-refractivity contribution < 1.29 is 0 Å². The molecule has 3 aliphatic heterocycles. The normalized spacial score (nSPS) is 33.0. The predicted molar refractivity (Wildman–Crippen MR) is 79.5 cm³/mol. The van der Waals surface area contributed by atoms with Crippen molar-refractivity contribution in [3.63, 3.8) is 0 Å². The molecule has 0 amide bonds. The molecule has 3 aliphatic rings. The van der Waals surface area contributed by atoms with Crippen LogP contribution in [-0.4, -0.2) is 86.7 Å². The second-order valence-corrected chi connectivity index (χ2v) is 6.73. The highest BCUT2D eigenvalue weighted by Crippen LogP contribution is 2.23. The molecule has 19 heavy (non-hydrogen) atoms. The van der Waals surface area contributed by atoms with Gasteiger partial charge in [-0.15, -0.1) is 0 Å². The molecule has 3 heterocycles. The van der Waals surface area contributed by atoms with Gasteiger partial charge in [0.05, 0.1) is 0 Å². The molecule has 0 aromatic heterocycles. The van der Waals surface area contributed by atoms with Crippen LogP contribution in [0, 0.1) is 5.92 Å². The molecule has 3 saturated heterocycles. The SMILES string of the molecule is CN1CCN(CC2CCN(C3CCNCC3)C2)CC1. The van der Waals surface area contributed by atoms with Gasteiger partial charge in [0.2, 0.25) is 0 Å². The van der Waals surface area contributed by atoms with Crippen LogP contribution in [0.5, 0.6) is 0 Å². The van der Waals surface area contributed by atoms with E-state index in [4.69, 9.17) is 0 Å². The van der Waals surface area contributed by atoms with Crippen molar-refractivity contribution >= 4 is 0 Å². The van der Waals surface area contributed by atoms with Crippen LogP contribution in [-0.2, 0) is 0 Å². The van der Waals surface area contributed by atoms with Gasteiger partial charge >= 0.3 is 0 Å². The number of likely N-dealkylation sites (tertiary alicyclic amines) is 1. The van der Waals surface area contributed by atoms with Gasteiger partial charge in [-0.2, -0.15) is 0 Å². The van der Waals surface area contributed by atoms with Crippen molar-refractivity contribution in [1.82, 2.24) is 20.0 Å². The van der Waals surface area contributed by atoms with E-state index in [1.165, 1.54) is 78.2 Å². The number of hydrogen-bond acceptors (Lipinski definition) is 4. The molecule has 0 bridgehead atoms. The first kappa shape index (κ1) is 13.8. The monoisotopic (exact) mass is 266 g/mol. The van der Waals surface area contributed by atoms with Gasteiger partial charge in [0, 0.05) is 45.3 Å². The van der Waals surface area contributed by atoms with Crippen LogP contribution in [0.15, 0.2) is 0 Å². The van der Waals surface area contributed by atoms with Gasteiger partial charge in [-0.25, -0.2) is 0 Å². The van der Waals surface area contributed by atoms with Crippen LogP contribution >= 0.6 is 0 Å². The van der Waals surface area contributed by atoms with Crippen molar-refractivity contribution in [2.45, 2.75) is 25.3 Å². The molecule has 0 saturated carbocycles. The van der Waals surface area contributed by atoms with Crippen LogP contribution in [0.3, 0.4) is 0 Å². The lowest BCUT2D eigenvalue weighted by Crippen LogP contribution is -2.46. The third kappa shape index (κ3) is 3.69. The lowest BCUT2D eigenvalue weighted by Gasteiger charge is -2.34. The molecule has 1 unspecified atom stereocenters. The minimum absolute atomic E-state index is 0.874. The van der Waals surface area contributed by atoms with Crippen molar-refractivity contribution in [2.75, 3.05) is 66.0 Å². The summed E-state index contributed by atoms with van der Waals surface area (Å²) in [6.07, 6.45) is 4.15. The molecule has 0 radical (unpaired) electrons. The standard InChI is InChI=1S/C15H30N4/c1-17-8-10-18(11-9-17)12-14-4-7-19(13-14)15-2-5-16-6-3-15/h14-16H,2-13H2,1H3. The van der Waals surface area contributed by atoms with E-state index in [1.807, 2.05) is 0 Å². The Hall–Kier alpha value is -0.160. The molecule has 3 rings (SSSR count). The average Bonchev–Trinajstić information content (AvgIpc) is 2.91. The van der Waals surface area contributed by atoms with Crippen LogP contribution in [0.25, 0.3) is 0 Å². The fourth-order valence-electron chi connectivity index (χ4n) is 3.91. The van der Waals surface area contributed by atoms with Gasteiger partial charge in [-0.3, -0.25) is 4.90 Å². The summed E-state index contributed by atoms with van der Waals surface area (Å²) in [4.78, 5) is 7.92. The molecule has 0 aliphatic carbocycles. The molecule has 1 atom stereocenters.